The summed E-state index contributed by atoms with van der Waals surface area (Å²) in [5, 5.41) is 1.87. The Hall–Kier alpha value is -0.820. The van der Waals surface area contributed by atoms with Crippen LogP contribution in [0.25, 0.3) is 0 Å². The van der Waals surface area contributed by atoms with Gasteiger partial charge in [0.1, 0.15) is 6.54 Å². The first-order valence-electron chi connectivity index (χ1n) is 6.07. The quantitative estimate of drug-likeness (QED) is 0.772. The first-order valence-corrected chi connectivity index (χ1v) is 6.07. The first kappa shape index (κ1) is 15.2. The Morgan fingerprint density at radius 1 is 1.44 bits per heavy atom. The lowest BCUT2D eigenvalue weighted by atomic mass is 10.0. The molecule has 1 rings (SSSR count). The van der Waals surface area contributed by atoms with Crippen molar-refractivity contribution in [1.82, 2.24) is 10.2 Å². The van der Waals surface area contributed by atoms with E-state index in [9.17, 15) is 18.0 Å². The van der Waals surface area contributed by atoms with Gasteiger partial charge in [-0.15, -0.1) is 0 Å². The predicted molar refractivity (Wildman–Crippen MR) is 61.9 cm³/mol. The molecule has 3 N–H and O–H groups in total. The van der Waals surface area contributed by atoms with Crippen molar-refractivity contribution in [3.63, 3.8) is 0 Å². The summed E-state index contributed by atoms with van der Waals surface area (Å²) >= 11 is 0. The van der Waals surface area contributed by atoms with E-state index in [1.54, 1.807) is 11.9 Å². The van der Waals surface area contributed by atoms with Crippen molar-refractivity contribution in [3.8, 4) is 0 Å². The molecule has 1 fully saturated rings. The summed E-state index contributed by atoms with van der Waals surface area (Å²) in [7, 11) is 1.76. The van der Waals surface area contributed by atoms with Crippen LogP contribution in [0.4, 0.5) is 13.2 Å². The highest BCUT2D eigenvalue weighted by Gasteiger charge is 2.31. The zero-order chi connectivity index (χ0) is 13.8. The molecule has 0 spiro atoms. The molecule has 1 saturated carbocycles. The number of hydrogen-bond acceptors (Lipinski definition) is 3. The third-order valence-electron chi connectivity index (χ3n) is 3.37. The van der Waals surface area contributed by atoms with Crippen LogP contribution in [0.2, 0.25) is 0 Å². The molecule has 0 aliphatic heterocycles. The summed E-state index contributed by atoms with van der Waals surface area (Å²) in [6.45, 7) is -0.735. The average Bonchev–Trinajstić information content (AvgIpc) is 2.73. The molecule has 0 radical (unpaired) electrons. The highest BCUT2D eigenvalue weighted by molar-refractivity contribution is 5.78. The van der Waals surface area contributed by atoms with E-state index in [0.29, 0.717) is 12.5 Å². The zero-order valence-corrected chi connectivity index (χ0v) is 10.5. The SMILES string of the molecule is CN(CC(=O)NCC(F)(F)F)C1CCCC1CN. The maximum Gasteiger partial charge on any atom is 0.405 e. The summed E-state index contributed by atoms with van der Waals surface area (Å²) in [6, 6.07) is 0.201. The molecule has 0 aromatic rings. The Kier molecular flexibility index (Phi) is 5.40. The summed E-state index contributed by atoms with van der Waals surface area (Å²) in [6.07, 6.45) is -1.33. The smallest absolute Gasteiger partial charge is 0.346 e. The van der Waals surface area contributed by atoms with Crippen LogP contribution in [0.15, 0.2) is 0 Å². The van der Waals surface area contributed by atoms with Gasteiger partial charge in [-0.3, -0.25) is 9.69 Å². The lowest BCUT2D eigenvalue weighted by Crippen LogP contribution is -2.45. The second-order valence-electron chi connectivity index (χ2n) is 4.80. The maximum atomic E-state index is 11.9. The zero-order valence-electron chi connectivity index (χ0n) is 10.5. The van der Waals surface area contributed by atoms with E-state index in [4.69, 9.17) is 5.73 Å². The van der Waals surface area contributed by atoms with Crippen LogP contribution < -0.4 is 11.1 Å². The van der Waals surface area contributed by atoms with Gasteiger partial charge >= 0.3 is 6.18 Å². The van der Waals surface area contributed by atoms with E-state index < -0.39 is 18.6 Å². The molecule has 7 heteroatoms. The molecule has 1 aliphatic carbocycles. The van der Waals surface area contributed by atoms with Gasteiger partial charge in [-0.1, -0.05) is 6.42 Å². The van der Waals surface area contributed by atoms with Crippen LogP contribution in [0, 0.1) is 5.92 Å². The van der Waals surface area contributed by atoms with Crippen molar-refractivity contribution >= 4 is 5.91 Å². The number of nitrogens with zero attached hydrogens (tertiary/aromatic N) is 1. The molecular weight excluding hydrogens is 247 g/mol. The Morgan fingerprint density at radius 2 is 2.11 bits per heavy atom. The van der Waals surface area contributed by atoms with Gasteiger partial charge in [0.05, 0.1) is 6.54 Å². The van der Waals surface area contributed by atoms with Crippen molar-refractivity contribution in [1.29, 1.82) is 0 Å². The van der Waals surface area contributed by atoms with Crippen molar-refractivity contribution in [2.45, 2.75) is 31.5 Å². The number of amides is 1. The predicted octanol–water partition coefficient (Wildman–Crippen LogP) is 0.724. The topological polar surface area (TPSA) is 58.4 Å². The van der Waals surface area contributed by atoms with Gasteiger partial charge < -0.3 is 11.1 Å². The molecule has 1 aliphatic rings. The van der Waals surface area contributed by atoms with Gasteiger partial charge in [0, 0.05) is 6.04 Å². The number of rotatable bonds is 5. The van der Waals surface area contributed by atoms with Gasteiger partial charge in [-0.2, -0.15) is 13.2 Å². The third-order valence-corrected chi connectivity index (χ3v) is 3.37. The lowest BCUT2D eigenvalue weighted by molar-refractivity contribution is -0.139. The van der Waals surface area contributed by atoms with E-state index in [2.05, 4.69) is 0 Å². The minimum Gasteiger partial charge on any atom is -0.346 e. The molecule has 106 valence electrons. The van der Waals surface area contributed by atoms with Crippen LogP contribution in [0.3, 0.4) is 0 Å². The number of nitrogens with two attached hydrogens (primary N) is 1. The first-order chi connectivity index (χ1) is 8.33. The van der Waals surface area contributed by atoms with Gasteiger partial charge in [0.25, 0.3) is 0 Å². The number of carbonyl (C=O) groups excluding carboxylic acids is 1. The van der Waals surface area contributed by atoms with Gasteiger partial charge in [-0.05, 0) is 32.4 Å². The molecule has 0 aromatic carbocycles. The van der Waals surface area contributed by atoms with Crippen LogP contribution in [0.1, 0.15) is 19.3 Å². The molecule has 0 bridgehead atoms. The monoisotopic (exact) mass is 267 g/mol. The number of alkyl halides is 3. The van der Waals surface area contributed by atoms with Crippen LogP contribution in [-0.2, 0) is 4.79 Å². The van der Waals surface area contributed by atoms with Crippen molar-refractivity contribution in [2.24, 2.45) is 11.7 Å². The normalized spacial score (nSPS) is 24.6. The fraction of sp³-hybridized carbons (Fsp3) is 0.909. The summed E-state index contributed by atoms with van der Waals surface area (Å²) in [5.41, 5.74) is 5.63. The summed E-state index contributed by atoms with van der Waals surface area (Å²) in [5.74, 6) is -0.261. The van der Waals surface area contributed by atoms with Gasteiger partial charge in [-0.25, -0.2) is 0 Å². The molecule has 0 saturated heterocycles. The van der Waals surface area contributed by atoms with E-state index in [1.807, 2.05) is 5.32 Å². The third kappa shape index (κ3) is 4.81. The van der Waals surface area contributed by atoms with E-state index in [1.165, 1.54) is 0 Å². The number of halogens is 3. The van der Waals surface area contributed by atoms with Crippen molar-refractivity contribution in [3.05, 3.63) is 0 Å². The molecular formula is C11H20F3N3O. The molecule has 4 nitrogen and oxygen atoms in total. The number of carbonyl (C=O) groups is 1. The molecule has 2 unspecified atom stereocenters. The fourth-order valence-corrected chi connectivity index (χ4v) is 2.47. The Balaban J connectivity index is 2.35. The average molecular weight is 267 g/mol. The largest absolute Gasteiger partial charge is 0.405 e. The molecule has 0 aromatic heterocycles. The van der Waals surface area contributed by atoms with E-state index in [-0.39, 0.29) is 12.6 Å². The fourth-order valence-electron chi connectivity index (χ4n) is 2.47. The van der Waals surface area contributed by atoms with E-state index >= 15 is 0 Å². The van der Waals surface area contributed by atoms with Gasteiger partial charge in [0.15, 0.2) is 0 Å². The van der Waals surface area contributed by atoms with Crippen LogP contribution >= 0.6 is 0 Å². The van der Waals surface area contributed by atoms with Crippen LogP contribution in [0.5, 0.6) is 0 Å². The summed E-state index contributed by atoms with van der Waals surface area (Å²) in [4.78, 5) is 13.2. The Morgan fingerprint density at radius 3 is 2.67 bits per heavy atom. The minimum absolute atomic E-state index is 0.0166. The number of likely N-dealkylation sites (N-methyl/N-ethyl adjacent to an activating group) is 1. The second kappa shape index (κ2) is 6.38. The highest BCUT2D eigenvalue weighted by atomic mass is 19.4. The van der Waals surface area contributed by atoms with E-state index in [0.717, 1.165) is 19.3 Å². The summed E-state index contributed by atoms with van der Waals surface area (Å²) < 4.78 is 35.8. The Bertz CT molecular complexity index is 283. The minimum atomic E-state index is -4.36. The lowest BCUT2D eigenvalue weighted by Gasteiger charge is -2.28. The van der Waals surface area contributed by atoms with Crippen molar-refractivity contribution in [2.75, 3.05) is 26.7 Å². The van der Waals surface area contributed by atoms with Crippen LogP contribution in [-0.4, -0.2) is 49.7 Å². The number of hydrogen-bond donors (Lipinski definition) is 2. The van der Waals surface area contributed by atoms with Crippen molar-refractivity contribution < 1.29 is 18.0 Å². The molecule has 18 heavy (non-hydrogen) atoms. The highest BCUT2D eigenvalue weighted by Crippen LogP contribution is 2.28. The molecule has 2 atom stereocenters. The standard InChI is InChI=1S/C11H20F3N3O/c1-17(9-4-2-3-8(9)5-15)6-10(18)16-7-11(12,13)14/h8-9H,2-7,15H2,1H3,(H,16,18). The second-order valence-corrected chi connectivity index (χ2v) is 4.80. The maximum absolute atomic E-state index is 11.9. The van der Waals surface area contributed by atoms with Gasteiger partial charge in [0.2, 0.25) is 5.91 Å². The molecule has 1 amide bonds. The number of nitrogens with one attached hydrogen (secondary N) is 1. The Labute approximate surface area is 105 Å². The molecule has 0 heterocycles.